The van der Waals surface area contributed by atoms with Crippen LogP contribution in [-0.2, 0) is 25.9 Å². The van der Waals surface area contributed by atoms with Crippen LogP contribution in [0.3, 0.4) is 0 Å². The number of furan rings is 1. The first-order valence-corrected chi connectivity index (χ1v) is 12.7. The molecule has 0 unspecified atom stereocenters. The lowest BCUT2D eigenvalue weighted by atomic mass is 10.1. The Balaban J connectivity index is 1.22. The Morgan fingerprint density at radius 1 is 0.595 bits per heavy atom. The van der Waals surface area contributed by atoms with Crippen molar-refractivity contribution in [1.82, 2.24) is 28.7 Å². The Kier molecular flexibility index (Phi) is 3.63. The van der Waals surface area contributed by atoms with Crippen LogP contribution in [0.5, 0.6) is 0 Å². The number of rotatable bonds is 2. The van der Waals surface area contributed by atoms with Gasteiger partial charge in [0, 0.05) is 60.0 Å². The third kappa shape index (κ3) is 2.60. The molecule has 5 aromatic heterocycles. The Labute approximate surface area is 211 Å². The molecule has 0 atom stereocenters. The highest BCUT2D eigenvalue weighted by Gasteiger charge is 2.23. The van der Waals surface area contributed by atoms with Crippen LogP contribution in [0.2, 0.25) is 0 Å². The van der Waals surface area contributed by atoms with Crippen LogP contribution in [0.15, 0.2) is 89.9 Å². The van der Waals surface area contributed by atoms with Gasteiger partial charge < -0.3 is 13.6 Å². The van der Waals surface area contributed by atoms with Gasteiger partial charge in [0.2, 0.25) is 0 Å². The molecule has 7 heteroatoms. The molecular weight excluding hydrogens is 460 g/mol. The summed E-state index contributed by atoms with van der Waals surface area (Å²) in [5.41, 5.74) is 11.6. The molecule has 0 saturated heterocycles. The molecule has 2 aliphatic rings. The first-order chi connectivity index (χ1) is 18.3. The molecule has 0 spiro atoms. The molecule has 2 aromatic carbocycles. The van der Waals surface area contributed by atoms with Crippen molar-refractivity contribution in [2.75, 3.05) is 0 Å². The van der Waals surface area contributed by atoms with Crippen molar-refractivity contribution in [3.63, 3.8) is 0 Å². The lowest BCUT2D eigenvalue weighted by Crippen LogP contribution is -2.13. The van der Waals surface area contributed by atoms with Crippen LogP contribution in [0.25, 0.3) is 56.1 Å². The first kappa shape index (κ1) is 19.4. The molecule has 0 fully saturated rings. The summed E-state index contributed by atoms with van der Waals surface area (Å²) in [6.07, 6.45) is 10.1. The van der Waals surface area contributed by atoms with E-state index in [9.17, 15) is 0 Å². The van der Waals surface area contributed by atoms with Gasteiger partial charge in [-0.05, 0) is 84.6 Å². The Hall–Kier alpha value is -4.78. The van der Waals surface area contributed by atoms with Crippen LogP contribution < -0.4 is 0 Å². The van der Waals surface area contributed by atoms with Gasteiger partial charge in [0.15, 0.2) is 0 Å². The SMILES string of the molecule is c1cc2n(n1)CCc1ccn(-c3ccc4oc5ccc(-n6ccc7c6-c6ccnn6CC7)cc5c4c3)c1-2. The predicted octanol–water partition coefficient (Wildman–Crippen LogP) is 6.01. The molecule has 0 bridgehead atoms. The second kappa shape index (κ2) is 6.91. The fourth-order valence-electron chi connectivity index (χ4n) is 6.28. The minimum atomic E-state index is 0.898. The second-order valence-electron chi connectivity index (χ2n) is 9.96. The third-order valence-electron chi connectivity index (χ3n) is 8.04. The Morgan fingerprint density at radius 3 is 1.62 bits per heavy atom. The maximum atomic E-state index is 6.26. The third-order valence-corrected chi connectivity index (χ3v) is 8.04. The standard InChI is InChI=1S/C30H22N6O/c1-3-27-23(17-21(1)33-13-7-19-9-15-35-25(29(19)33)5-11-31-35)24-18-22(2-4-28(24)37-27)34-14-8-20-10-16-36-26(30(20)34)6-12-32-36/h1-8,11-14,17-18H,9-10,15-16H2. The number of aromatic nitrogens is 6. The van der Waals surface area contributed by atoms with E-state index < -0.39 is 0 Å². The van der Waals surface area contributed by atoms with Gasteiger partial charge in [-0.3, -0.25) is 9.36 Å². The molecular formula is C30H22N6O. The summed E-state index contributed by atoms with van der Waals surface area (Å²) >= 11 is 0. The molecule has 37 heavy (non-hydrogen) atoms. The fourth-order valence-corrected chi connectivity index (χ4v) is 6.28. The molecule has 2 aliphatic heterocycles. The van der Waals surface area contributed by atoms with Crippen LogP contribution >= 0.6 is 0 Å². The van der Waals surface area contributed by atoms with Crippen molar-refractivity contribution in [2.24, 2.45) is 0 Å². The monoisotopic (exact) mass is 482 g/mol. The zero-order chi connectivity index (χ0) is 24.1. The van der Waals surface area contributed by atoms with E-state index in [1.165, 1.54) is 33.9 Å². The summed E-state index contributed by atoms with van der Waals surface area (Å²) in [4.78, 5) is 0. The van der Waals surface area contributed by atoms with E-state index in [0.29, 0.717) is 0 Å². The van der Waals surface area contributed by atoms with Gasteiger partial charge in [0.25, 0.3) is 0 Å². The Bertz CT molecular complexity index is 1870. The molecule has 0 saturated carbocycles. The van der Waals surface area contributed by atoms with E-state index in [2.05, 4.69) is 102 Å². The average molecular weight is 483 g/mol. The zero-order valence-electron chi connectivity index (χ0n) is 20.0. The van der Waals surface area contributed by atoms with E-state index in [-0.39, 0.29) is 0 Å². The highest BCUT2D eigenvalue weighted by molar-refractivity contribution is 6.06. The molecule has 9 rings (SSSR count). The molecule has 0 radical (unpaired) electrons. The molecule has 178 valence electrons. The fraction of sp³-hybridized carbons (Fsp3) is 0.133. The van der Waals surface area contributed by atoms with Crippen molar-refractivity contribution >= 4 is 21.9 Å². The second-order valence-corrected chi connectivity index (χ2v) is 9.96. The largest absolute Gasteiger partial charge is 0.456 e. The quantitative estimate of drug-likeness (QED) is 0.303. The van der Waals surface area contributed by atoms with Crippen molar-refractivity contribution in [3.8, 4) is 34.2 Å². The van der Waals surface area contributed by atoms with Crippen LogP contribution in [0.1, 0.15) is 11.1 Å². The van der Waals surface area contributed by atoms with Gasteiger partial charge in [0.05, 0.1) is 22.8 Å². The van der Waals surface area contributed by atoms with Gasteiger partial charge in [-0.2, -0.15) is 10.2 Å². The molecule has 0 N–H and O–H groups in total. The van der Waals surface area contributed by atoms with Crippen molar-refractivity contribution < 1.29 is 4.42 Å². The number of hydrogen-bond donors (Lipinski definition) is 0. The number of hydrogen-bond acceptors (Lipinski definition) is 3. The van der Waals surface area contributed by atoms with Gasteiger partial charge in [-0.25, -0.2) is 0 Å². The number of nitrogens with zero attached hydrogens (tertiary/aromatic N) is 6. The number of fused-ring (bicyclic) bond motifs is 9. The lowest BCUT2D eigenvalue weighted by Gasteiger charge is -2.18. The minimum absolute atomic E-state index is 0.898. The molecule has 7 nitrogen and oxygen atoms in total. The van der Waals surface area contributed by atoms with E-state index in [0.717, 1.165) is 59.2 Å². The highest BCUT2D eigenvalue weighted by atomic mass is 16.3. The van der Waals surface area contributed by atoms with E-state index in [1.807, 2.05) is 12.4 Å². The van der Waals surface area contributed by atoms with Crippen LogP contribution in [0, 0.1) is 0 Å². The predicted molar refractivity (Wildman–Crippen MR) is 142 cm³/mol. The van der Waals surface area contributed by atoms with E-state index in [1.54, 1.807) is 0 Å². The summed E-state index contributed by atoms with van der Waals surface area (Å²) < 4.78 is 15.0. The summed E-state index contributed by atoms with van der Waals surface area (Å²) in [5, 5.41) is 11.3. The van der Waals surface area contributed by atoms with Gasteiger partial charge in [0.1, 0.15) is 11.2 Å². The minimum Gasteiger partial charge on any atom is -0.456 e. The van der Waals surface area contributed by atoms with Crippen molar-refractivity contribution in [3.05, 3.63) is 96.6 Å². The smallest absolute Gasteiger partial charge is 0.135 e. The van der Waals surface area contributed by atoms with Crippen LogP contribution in [-0.4, -0.2) is 28.7 Å². The molecule has 0 aliphatic carbocycles. The topological polar surface area (TPSA) is 58.6 Å². The summed E-state index contributed by atoms with van der Waals surface area (Å²) in [6.45, 7) is 1.86. The Morgan fingerprint density at radius 2 is 1.11 bits per heavy atom. The van der Waals surface area contributed by atoms with Crippen LogP contribution in [0.4, 0.5) is 0 Å². The van der Waals surface area contributed by atoms with Gasteiger partial charge >= 0.3 is 0 Å². The zero-order valence-corrected chi connectivity index (χ0v) is 20.0. The van der Waals surface area contributed by atoms with E-state index >= 15 is 0 Å². The average Bonchev–Trinajstić information content (AvgIpc) is 3.74. The van der Waals surface area contributed by atoms with Crippen molar-refractivity contribution in [1.29, 1.82) is 0 Å². The van der Waals surface area contributed by atoms with Crippen molar-refractivity contribution in [2.45, 2.75) is 25.9 Å². The maximum Gasteiger partial charge on any atom is 0.135 e. The highest BCUT2D eigenvalue weighted by Crippen LogP contribution is 2.37. The first-order valence-electron chi connectivity index (χ1n) is 12.7. The summed E-state index contributed by atoms with van der Waals surface area (Å²) in [7, 11) is 0. The molecule has 7 heterocycles. The number of benzene rings is 2. The maximum absolute atomic E-state index is 6.26. The molecule has 7 aromatic rings. The van der Waals surface area contributed by atoms with Gasteiger partial charge in [-0.1, -0.05) is 0 Å². The molecule has 0 amide bonds. The summed E-state index contributed by atoms with van der Waals surface area (Å²) in [5.74, 6) is 0. The van der Waals surface area contributed by atoms with E-state index in [4.69, 9.17) is 4.42 Å². The summed E-state index contributed by atoms with van der Waals surface area (Å²) in [6, 6.07) is 21.7. The number of aryl methyl sites for hydroxylation is 4. The normalized spacial score (nSPS) is 14.1. The lowest BCUT2D eigenvalue weighted by molar-refractivity contribution is 0.604. The van der Waals surface area contributed by atoms with Gasteiger partial charge in [-0.15, -0.1) is 0 Å².